The highest BCUT2D eigenvalue weighted by Crippen LogP contribution is 2.35. The van der Waals surface area contributed by atoms with Crippen molar-refractivity contribution in [3.05, 3.63) is 34.2 Å². The van der Waals surface area contributed by atoms with Crippen LogP contribution in [0.4, 0.5) is 0 Å². The van der Waals surface area contributed by atoms with Crippen LogP contribution in [0.25, 0.3) is 10.1 Å². The first-order valence-corrected chi connectivity index (χ1v) is 11.3. The number of carbonyl (C=O) groups excluding carboxylic acids is 2. The average Bonchev–Trinajstić information content (AvgIpc) is 3.11. The van der Waals surface area contributed by atoms with Gasteiger partial charge in [0.25, 0.3) is 5.91 Å². The van der Waals surface area contributed by atoms with E-state index in [0.29, 0.717) is 22.9 Å². The third-order valence-electron chi connectivity index (χ3n) is 4.33. The number of hydrogen-bond acceptors (Lipinski definition) is 5. The Morgan fingerprint density at radius 1 is 1.35 bits per heavy atom. The van der Waals surface area contributed by atoms with Gasteiger partial charge in [-0.25, -0.2) is 8.42 Å². The Morgan fingerprint density at radius 2 is 2.08 bits per heavy atom. The maximum Gasteiger partial charge on any atom is 0.265 e. The number of nitrogens with zero attached hydrogens (tertiary/aromatic N) is 1. The van der Waals surface area contributed by atoms with Gasteiger partial charge in [-0.2, -0.15) is 0 Å². The van der Waals surface area contributed by atoms with E-state index < -0.39 is 9.84 Å². The Bertz CT molecular complexity index is 955. The number of halogens is 1. The topological polar surface area (TPSA) is 83.6 Å². The molecular weight excluding hydrogens is 396 g/mol. The second-order valence-electron chi connectivity index (χ2n) is 6.23. The lowest BCUT2D eigenvalue weighted by Crippen LogP contribution is -2.44. The summed E-state index contributed by atoms with van der Waals surface area (Å²) in [6, 6.07) is 7.11. The van der Waals surface area contributed by atoms with Gasteiger partial charge in [0.1, 0.15) is 4.88 Å². The predicted molar refractivity (Wildman–Crippen MR) is 104 cm³/mol. The van der Waals surface area contributed by atoms with Crippen molar-refractivity contribution < 1.29 is 18.0 Å². The van der Waals surface area contributed by atoms with Crippen molar-refractivity contribution >= 4 is 54.7 Å². The zero-order valence-corrected chi connectivity index (χ0v) is 16.6. The van der Waals surface area contributed by atoms with E-state index in [1.807, 2.05) is 24.3 Å². The smallest absolute Gasteiger partial charge is 0.265 e. The minimum atomic E-state index is -3.07. The summed E-state index contributed by atoms with van der Waals surface area (Å²) in [6.45, 7) is 2.00. The lowest BCUT2D eigenvalue weighted by atomic mass is 10.2. The summed E-state index contributed by atoms with van der Waals surface area (Å²) in [5.41, 5.74) is 0. The van der Waals surface area contributed by atoms with Gasteiger partial charge in [-0.3, -0.25) is 9.59 Å². The number of amides is 2. The van der Waals surface area contributed by atoms with Gasteiger partial charge in [-0.05, 0) is 19.4 Å². The number of thiophene rings is 1. The number of benzene rings is 1. The van der Waals surface area contributed by atoms with Crippen LogP contribution in [0, 0.1) is 0 Å². The molecule has 0 bridgehead atoms. The second-order valence-corrected chi connectivity index (χ2v) is 9.89. The summed E-state index contributed by atoms with van der Waals surface area (Å²) in [5.74, 6) is -0.611. The van der Waals surface area contributed by atoms with Crippen LogP contribution in [-0.2, 0) is 14.6 Å². The Morgan fingerprint density at radius 3 is 2.69 bits per heavy atom. The van der Waals surface area contributed by atoms with Gasteiger partial charge in [-0.1, -0.05) is 29.8 Å². The molecule has 6 nitrogen and oxygen atoms in total. The summed E-state index contributed by atoms with van der Waals surface area (Å²) in [6.07, 6.45) is 0.413. The molecule has 1 aliphatic rings. The highest BCUT2D eigenvalue weighted by atomic mass is 35.5. The Hall–Kier alpha value is -1.64. The minimum Gasteiger partial charge on any atom is -0.351 e. The van der Waals surface area contributed by atoms with Crippen LogP contribution >= 0.6 is 22.9 Å². The van der Waals surface area contributed by atoms with Gasteiger partial charge in [0, 0.05) is 22.7 Å². The molecule has 0 aliphatic carbocycles. The molecule has 1 aromatic carbocycles. The molecule has 0 radical (unpaired) electrons. The average molecular weight is 415 g/mol. The molecule has 1 atom stereocenters. The number of rotatable bonds is 5. The zero-order chi connectivity index (χ0) is 18.9. The van der Waals surface area contributed by atoms with Crippen molar-refractivity contribution in [2.45, 2.75) is 19.4 Å². The normalized spacial score (nSPS) is 18.8. The maximum atomic E-state index is 12.8. The molecule has 2 amide bonds. The Labute approximate surface area is 161 Å². The molecule has 3 rings (SSSR count). The molecule has 1 aliphatic heterocycles. The Kier molecular flexibility index (Phi) is 5.55. The lowest BCUT2D eigenvalue weighted by molar-refractivity contribution is -0.122. The first-order chi connectivity index (χ1) is 12.3. The van der Waals surface area contributed by atoms with Gasteiger partial charge in [-0.15, -0.1) is 11.3 Å². The fraction of sp³-hybridized carbons (Fsp3) is 0.412. The number of sulfone groups is 1. The number of fused-ring (bicyclic) bond motifs is 1. The zero-order valence-electron chi connectivity index (χ0n) is 14.2. The highest BCUT2D eigenvalue weighted by Gasteiger charge is 2.30. The number of hydrogen-bond donors (Lipinski definition) is 1. The molecule has 2 aromatic rings. The molecular formula is C17H19ClN2O4S2. The van der Waals surface area contributed by atoms with Gasteiger partial charge in [0.05, 0.1) is 23.1 Å². The quantitative estimate of drug-likeness (QED) is 0.813. The molecule has 0 spiro atoms. The van der Waals surface area contributed by atoms with Crippen LogP contribution in [-0.4, -0.2) is 55.8 Å². The fourth-order valence-electron chi connectivity index (χ4n) is 2.98. The third-order valence-corrected chi connectivity index (χ3v) is 7.76. The van der Waals surface area contributed by atoms with E-state index in [9.17, 15) is 18.0 Å². The number of likely N-dealkylation sites (N-methyl/N-ethyl adjacent to an activating group) is 1. The molecule has 9 heteroatoms. The van der Waals surface area contributed by atoms with Gasteiger partial charge in [0.15, 0.2) is 9.84 Å². The Balaban J connectivity index is 1.70. The summed E-state index contributed by atoms with van der Waals surface area (Å²) in [7, 11) is -3.07. The van der Waals surface area contributed by atoms with Crippen LogP contribution in [0.3, 0.4) is 0 Å². The fourth-order valence-corrected chi connectivity index (χ4v) is 6.13. The van der Waals surface area contributed by atoms with Crippen LogP contribution in [0.2, 0.25) is 5.02 Å². The molecule has 140 valence electrons. The SMILES string of the molecule is CCN(CC(=O)N[C@H]1CCS(=O)(=O)C1)C(=O)c1sc2ccccc2c1Cl. The van der Waals surface area contributed by atoms with E-state index in [2.05, 4.69) is 5.32 Å². The van der Waals surface area contributed by atoms with Crippen molar-refractivity contribution in [3.8, 4) is 0 Å². The minimum absolute atomic E-state index is 0.0407. The first kappa shape index (κ1) is 19.1. The molecule has 2 heterocycles. The molecule has 1 N–H and O–H groups in total. The van der Waals surface area contributed by atoms with E-state index in [4.69, 9.17) is 11.6 Å². The van der Waals surface area contributed by atoms with Crippen LogP contribution in [0.1, 0.15) is 23.0 Å². The molecule has 1 saturated heterocycles. The highest BCUT2D eigenvalue weighted by molar-refractivity contribution is 7.91. The summed E-state index contributed by atoms with van der Waals surface area (Å²) < 4.78 is 23.9. The summed E-state index contributed by atoms with van der Waals surface area (Å²) >= 11 is 7.66. The van der Waals surface area contributed by atoms with Gasteiger partial charge < -0.3 is 10.2 Å². The third kappa shape index (κ3) is 4.02. The number of nitrogens with one attached hydrogen (secondary N) is 1. The van der Waals surface area contributed by atoms with Crippen molar-refractivity contribution in [2.75, 3.05) is 24.6 Å². The number of carbonyl (C=O) groups is 2. The molecule has 1 fully saturated rings. The van der Waals surface area contributed by atoms with E-state index in [0.717, 1.165) is 10.1 Å². The largest absolute Gasteiger partial charge is 0.351 e. The van der Waals surface area contributed by atoms with E-state index in [-0.39, 0.29) is 35.9 Å². The molecule has 0 unspecified atom stereocenters. The van der Waals surface area contributed by atoms with E-state index in [1.54, 1.807) is 6.92 Å². The summed E-state index contributed by atoms with van der Waals surface area (Å²) in [4.78, 5) is 26.9. The van der Waals surface area contributed by atoms with Crippen LogP contribution in [0.5, 0.6) is 0 Å². The monoisotopic (exact) mass is 414 g/mol. The molecule has 1 aromatic heterocycles. The van der Waals surface area contributed by atoms with Gasteiger partial charge in [0.2, 0.25) is 5.91 Å². The van der Waals surface area contributed by atoms with Crippen LogP contribution < -0.4 is 5.32 Å². The van der Waals surface area contributed by atoms with Crippen molar-refractivity contribution in [1.82, 2.24) is 10.2 Å². The van der Waals surface area contributed by atoms with Gasteiger partial charge >= 0.3 is 0 Å². The standard InChI is InChI=1S/C17H19ClN2O4S2/c1-2-20(9-14(21)19-11-7-8-26(23,24)10-11)17(22)16-15(18)12-5-3-4-6-13(12)25-16/h3-6,11H,2,7-10H2,1H3,(H,19,21)/t11-/m0/s1. The molecule has 0 saturated carbocycles. The van der Waals surface area contributed by atoms with E-state index >= 15 is 0 Å². The lowest BCUT2D eigenvalue weighted by Gasteiger charge is -2.21. The van der Waals surface area contributed by atoms with Crippen LogP contribution in [0.15, 0.2) is 24.3 Å². The predicted octanol–water partition coefficient (Wildman–Crippen LogP) is 2.32. The molecule has 26 heavy (non-hydrogen) atoms. The van der Waals surface area contributed by atoms with Crippen molar-refractivity contribution in [1.29, 1.82) is 0 Å². The first-order valence-electron chi connectivity index (χ1n) is 8.27. The second kappa shape index (κ2) is 7.54. The maximum absolute atomic E-state index is 12.8. The van der Waals surface area contributed by atoms with Crippen molar-refractivity contribution in [2.24, 2.45) is 0 Å². The van der Waals surface area contributed by atoms with Crippen molar-refractivity contribution in [3.63, 3.8) is 0 Å². The van der Waals surface area contributed by atoms with E-state index in [1.165, 1.54) is 16.2 Å². The summed E-state index contributed by atoms with van der Waals surface area (Å²) in [5, 5.41) is 3.92.